The molecule has 0 aromatic carbocycles. The van der Waals surface area contributed by atoms with Crippen LogP contribution in [0.1, 0.15) is 29.5 Å². The highest BCUT2D eigenvalue weighted by Crippen LogP contribution is 2.41. The molecule has 1 aliphatic heterocycles. The highest BCUT2D eigenvalue weighted by atomic mass is 32.1. The van der Waals surface area contributed by atoms with E-state index < -0.39 is 0 Å². The zero-order valence-electron chi connectivity index (χ0n) is 15.4. The number of fused-ring (bicyclic) bond motifs is 1. The van der Waals surface area contributed by atoms with Crippen LogP contribution >= 0.6 is 11.3 Å². The third kappa shape index (κ3) is 3.10. The Morgan fingerprint density at radius 1 is 1.24 bits per heavy atom. The van der Waals surface area contributed by atoms with Crippen LogP contribution in [0.5, 0.6) is 5.88 Å². The lowest BCUT2D eigenvalue weighted by Gasteiger charge is -2.35. The molecule has 0 spiro atoms. The minimum Gasteiger partial charge on any atom is -0.492 e. The molecular formula is C19H19N5O4S. The first-order valence-electron chi connectivity index (χ1n) is 9.31. The molecule has 1 amide bonds. The van der Waals surface area contributed by atoms with Crippen LogP contribution in [0, 0.1) is 5.92 Å². The first-order valence-corrected chi connectivity index (χ1v) is 10.1. The number of thiazole rings is 1. The second-order valence-corrected chi connectivity index (χ2v) is 8.04. The quantitative estimate of drug-likeness (QED) is 0.515. The van der Waals surface area contributed by atoms with E-state index in [0.717, 1.165) is 0 Å². The molecule has 9 nitrogen and oxygen atoms in total. The average Bonchev–Trinajstić information content (AvgIpc) is 3.50. The van der Waals surface area contributed by atoms with Crippen molar-refractivity contribution in [1.29, 1.82) is 0 Å². The summed E-state index contributed by atoms with van der Waals surface area (Å²) in [7, 11) is 0. The molecule has 4 aromatic rings. The lowest BCUT2D eigenvalue weighted by atomic mass is 9.94. The highest BCUT2D eigenvalue weighted by Gasteiger charge is 2.35. The number of nitrogens with two attached hydrogens (primary N) is 1. The molecular weight excluding hydrogens is 394 g/mol. The number of nitrogens with zero attached hydrogens (tertiary/aromatic N) is 4. The molecule has 1 saturated heterocycles. The number of likely N-dealkylation sites (tertiary alicyclic amines) is 1. The standard InChI is InChI=1S/C19H19N5O4S/c20-16(25)11-5-7-23(8-6-11)14(12-3-1-9-27-12)15-18(26)24-19(29-15)21-17(22-24)13-4-2-10-28-13/h1-4,9-11,14,26H,5-8H2,(H2,20,25)/t14-/m1/s1. The molecule has 150 valence electrons. The molecule has 0 saturated carbocycles. The molecule has 4 aromatic heterocycles. The summed E-state index contributed by atoms with van der Waals surface area (Å²) < 4.78 is 12.4. The number of piperidine rings is 1. The summed E-state index contributed by atoms with van der Waals surface area (Å²) >= 11 is 1.35. The second kappa shape index (κ2) is 7.05. The minimum absolute atomic E-state index is 0.0220. The van der Waals surface area contributed by atoms with E-state index in [1.54, 1.807) is 24.7 Å². The van der Waals surface area contributed by atoms with Gasteiger partial charge in [-0.3, -0.25) is 9.69 Å². The van der Waals surface area contributed by atoms with Crippen LogP contribution in [0.25, 0.3) is 16.5 Å². The van der Waals surface area contributed by atoms with Gasteiger partial charge >= 0.3 is 0 Å². The van der Waals surface area contributed by atoms with Crippen LogP contribution in [0.4, 0.5) is 0 Å². The number of furan rings is 2. The number of amides is 1. The number of rotatable bonds is 5. The summed E-state index contributed by atoms with van der Waals surface area (Å²) in [6, 6.07) is 6.94. The molecule has 0 unspecified atom stereocenters. The van der Waals surface area contributed by atoms with E-state index in [0.29, 0.717) is 53.1 Å². The first-order chi connectivity index (χ1) is 14.1. The third-order valence-electron chi connectivity index (χ3n) is 5.30. The number of carbonyl (C=O) groups is 1. The lowest BCUT2D eigenvalue weighted by Crippen LogP contribution is -2.40. The molecule has 1 fully saturated rings. The van der Waals surface area contributed by atoms with Crippen molar-refractivity contribution in [3.63, 3.8) is 0 Å². The van der Waals surface area contributed by atoms with Crippen LogP contribution in [0.2, 0.25) is 0 Å². The fourth-order valence-electron chi connectivity index (χ4n) is 3.80. The Morgan fingerprint density at radius 2 is 2.00 bits per heavy atom. The normalized spacial score (nSPS) is 17.1. The van der Waals surface area contributed by atoms with Crippen LogP contribution in [-0.4, -0.2) is 43.6 Å². The van der Waals surface area contributed by atoms with Gasteiger partial charge in [-0.2, -0.15) is 9.50 Å². The van der Waals surface area contributed by atoms with Gasteiger partial charge in [0.2, 0.25) is 22.6 Å². The zero-order chi connectivity index (χ0) is 20.0. The van der Waals surface area contributed by atoms with E-state index in [-0.39, 0.29) is 23.7 Å². The maximum absolute atomic E-state index is 11.5. The molecule has 3 N–H and O–H groups in total. The van der Waals surface area contributed by atoms with Gasteiger partial charge in [-0.15, -0.1) is 5.10 Å². The van der Waals surface area contributed by atoms with Crippen molar-refractivity contribution in [2.75, 3.05) is 13.1 Å². The van der Waals surface area contributed by atoms with Crippen LogP contribution in [0.3, 0.4) is 0 Å². The van der Waals surface area contributed by atoms with Gasteiger partial charge in [0.15, 0.2) is 5.76 Å². The van der Waals surface area contributed by atoms with Gasteiger partial charge in [-0.25, -0.2) is 0 Å². The Labute approximate surface area is 169 Å². The minimum atomic E-state index is -0.292. The fraction of sp³-hybridized carbons (Fsp3) is 0.316. The van der Waals surface area contributed by atoms with Gasteiger partial charge in [-0.05, 0) is 50.2 Å². The second-order valence-electron chi connectivity index (χ2n) is 7.03. The van der Waals surface area contributed by atoms with Crippen LogP contribution < -0.4 is 5.73 Å². The molecule has 1 atom stereocenters. The molecule has 0 aliphatic carbocycles. The largest absolute Gasteiger partial charge is 0.492 e. The summed E-state index contributed by atoms with van der Waals surface area (Å²) in [4.78, 5) is 19.4. The maximum Gasteiger partial charge on any atom is 0.230 e. The first kappa shape index (κ1) is 18.0. The fourth-order valence-corrected chi connectivity index (χ4v) is 4.90. The van der Waals surface area contributed by atoms with E-state index in [1.165, 1.54) is 15.9 Å². The van der Waals surface area contributed by atoms with Crippen molar-refractivity contribution < 1.29 is 18.7 Å². The van der Waals surface area contributed by atoms with Gasteiger partial charge in [0.05, 0.1) is 17.4 Å². The predicted octanol–water partition coefficient (Wildman–Crippen LogP) is 2.64. The Morgan fingerprint density at radius 3 is 2.62 bits per heavy atom. The van der Waals surface area contributed by atoms with Crippen molar-refractivity contribution in [3.8, 4) is 17.5 Å². The predicted molar refractivity (Wildman–Crippen MR) is 104 cm³/mol. The summed E-state index contributed by atoms with van der Waals surface area (Å²) in [5, 5.41) is 15.3. The van der Waals surface area contributed by atoms with Crippen LogP contribution in [0.15, 0.2) is 45.6 Å². The van der Waals surface area contributed by atoms with Gasteiger partial charge in [0.25, 0.3) is 0 Å². The van der Waals surface area contributed by atoms with Gasteiger partial charge in [0.1, 0.15) is 11.8 Å². The van der Waals surface area contributed by atoms with Crippen molar-refractivity contribution in [2.24, 2.45) is 11.7 Å². The van der Waals surface area contributed by atoms with Crippen molar-refractivity contribution in [3.05, 3.63) is 47.4 Å². The van der Waals surface area contributed by atoms with Crippen molar-refractivity contribution >= 4 is 22.2 Å². The zero-order valence-corrected chi connectivity index (χ0v) is 16.2. The third-order valence-corrected chi connectivity index (χ3v) is 6.37. The molecule has 5 heterocycles. The van der Waals surface area contributed by atoms with Gasteiger partial charge in [0, 0.05) is 5.92 Å². The molecule has 0 bridgehead atoms. The van der Waals surface area contributed by atoms with Crippen LogP contribution in [-0.2, 0) is 4.79 Å². The highest BCUT2D eigenvalue weighted by molar-refractivity contribution is 7.17. The Balaban J connectivity index is 1.51. The van der Waals surface area contributed by atoms with Gasteiger partial charge in [-0.1, -0.05) is 11.3 Å². The van der Waals surface area contributed by atoms with E-state index >= 15 is 0 Å². The van der Waals surface area contributed by atoms with Crippen molar-refractivity contribution in [1.82, 2.24) is 19.5 Å². The summed E-state index contributed by atoms with van der Waals surface area (Å²) in [5.41, 5.74) is 5.47. The maximum atomic E-state index is 11.5. The number of aromatic hydroxyl groups is 1. The number of hydrogen-bond donors (Lipinski definition) is 2. The smallest absolute Gasteiger partial charge is 0.230 e. The summed E-state index contributed by atoms with van der Waals surface area (Å²) in [6.07, 6.45) is 4.52. The van der Waals surface area contributed by atoms with Gasteiger partial charge < -0.3 is 19.7 Å². The average molecular weight is 413 g/mol. The molecule has 5 rings (SSSR count). The number of hydrogen-bond acceptors (Lipinski definition) is 8. The molecule has 10 heteroatoms. The molecule has 1 aliphatic rings. The van der Waals surface area contributed by atoms with E-state index in [9.17, 15) is 9.90 Å². The number of aromatic nitrogens is 3. The SMILES string of the molecule is NC(=O)C1CCN([C@H](c2ccco2)c2sc3nc(-c4ccco4)nn3c2O)CC1. The topological polar surface area (TPSA) is 123 Å². The van der Waals surface area contributed by atoms with E-state index in [1.807, 2.05) is 12.1 Å². The summed E-state index contributed by atoms with van der Waals surface area (Å²) in [5.74, 6) is 1.32. The summed E-state index contributed by atoms with van der Waals surface area (Å²) in [6.45, 7) is 1.34. The number of primary amides is 1. The lowest BCUT2D eigenvalue weighted by molar-refractivity contribution is -0.123. The van der Waals surface area contributed by atoms with E-state index in [2.05, 4.69) is 15.0 Å². The van der Waals surface area contributed by atoms with E-state index in [4.69, 9.17) is 14.6 Å². The monoisotopic (exact) mass is 413 g/mol. The Bertz CT molecular complexity index is 1120. The molecule has 0 radical (unpaired) electrons. The number of carbonyl (C=O) groups excluding carboxylic acids is 1. The Kier molecular flexibility index (Phi) is 4.36. The molecule has 29 heavy (non-hydrogen) atoms. The Hall–Kier alpha value is -3.11. The van der Waals surface area contributed by atoms with Crippen molar-refractivity contribution in [2.45, 2.75) is 18.9 Å².